The molecule has 1 saturated heterocycles. The van der Waals surface area contributed by atoms with Crippen LogP contribution < -0.4 is 5.73 Å². The SMILES string of the molecule is Cc1ccccc1SCC(=O)N1CCC(N)CC1. The van der Waals surface area contributed by atoms with Gasteiger partial charge in [0.25, 0.3) is 0 Å². The van der Waals surface area contributed by atoms with Crippen LogP contribution in [0.5, 0.6) is 0 Å². The maximum Gasteiger partial charge on any atom is 0.232 e. The molecule has 98 valence electrons. The van der Waals surface area contributed by atoms with Crippen LogP contribution in [0, 0.1) is 6.92 Å². The Morgan fingerprint density at radius 2 is 2.06 bits per heavy atom. The summed E-state index contributed by atoms with van der Waals surface area (Å²) in [7, 11) is 0. The van der Waals surface area contributed by atoms with Crippen molar-refractivity contribution in [3.05, 3.63) is 29.8 Å². The minimum atomic E-state index is 0.232. The summed E-state index contributed by atoms with van der Waals surface area (Å²) in [6.45, 7) is 3.70. The van der Waals surface area contributed by atoms with Gasteiger partial charge in [0.15, 0.2) is 0 Å². The van der Waals surface area contributed by atoms with Crippen LogP contribution in [-0.4, -0.2) is 35.7 Å². The summed E-state index contributed by atoms with van der Waals surface area (Å²) in [5.41, 5.74) is 7.07. The van der Waals surface area contributed by atoms with E-state index in [1.807, 2.05) is 17.0 Å². The van der Waals surface area contributed by atoms with Gasteiger partial charge in [0, 0.05) is 24.0 Å². The number of aryl methyl sites for hydroxylation is 1. The van der Waals surface area contributed by atoms with Gasteiger partial charge in [-0.05, 0) is 31.4 Å². The first-order valence-electron chi connectivity index (χ1n) is 6.38. The van der Waals surface area contributed by atoms with Gasteiger partial charge in [-0.1, -0.05) is 18.2 Å². The highest BCUT2D eigenvalue weighted by atomic mass is 32.2. The first-order valence-corrected chi connectivity index (χ1v) is 7.37. The third kappa shape index (κ3) is 3.50. The molecule has 0 unspecified atom stereocenters. The van der Waals surface area contributed by atoms with E-state index in [1.165, 1.54) is 10.5 Å². The largest absolute Gasteiger partial charge is 0.342 e. The van der Waals surface area contributed by atoms with E-state index in [2.05, 4.69) is 19.1 Å². The van der Waals surface area contributed by atoms with Crippen molar-refractivity contribution < 1.29 is 4.79 Å². The van der Waals surface area contributed by atoms with Crippen LogP contribution in [0.4, 0.5) is 0 Å². The summed E-state index contributed by atoms with van der Waals surface area (Å²) < 4.78 is 0. The van der Waals surface area contributed by atoms with Crippen LogP contribution >= 0.6 is 11.8 Å². The topological polar surface area (TPSA) is 46.3 Å². The molecule has 0 aromatic heterocycles. The number of nitrogens with two attached hydrogens (primary N) is 1. The predicted molar refractivity (Wildman–Crippen MR) is 75.7 cm³/mol. The molecule has 2 N–H and O–H groups in total. The Kier molecular flexibility index (Phi) is 4.66. The monoisotopic (exact) mass is 264 g/mol. The molecule has 0 atom stereocenters. The minimum Gasteiger partial charge on any atom is -0.342 e. The maximum absolute atomic E-state index is 12.1. The van der Waals surface area contributed by atoms with Gasteiger partial charge in [0.05, 0.1) is 5.75 Å². The van der Waals surface area contributed by atoms with Gasteiger partial charge < -0.3 is 10.6 Å². The number of hydrogen-bond acceptors (Lipinski definition) is 3. The normalized spacial score (nSPS) is 16.9. The standard InChI is InChI=1S/C14H20N2OS/c1-11-4-2-3-5-13(11)18-10-14(17)16-8-6-12(15)7-9-16/h2-5,12H,6-10,15H2,1H3. The molecule has 1 aromatic rings. The molecular weight excluding hydrogens is 244 g/mol. The molecule has 1 aliphatic heterocycles. The quantitative estimate of drug-likeness (QED) is 0.850. The summed E-state index contributed by atoms with van der Waals surface area (Å²) in [6, 6.07) is 8.46. The lowest BCUT2D eigenvalue weighted by Gasteiger charge is -2.30. The Morgan fingerprint density at radius 3 is 2.72 bits per heavy atom. The zero-order valence-corrected chi connectivity index (χ0v) is 11.6. The lowest BCUT2D eigenvalue weighted by molar-refractivity contribution is -0.129. The number of piperidine rings is 1. The molecule has 1 heterocycles. The van der Waals surface area contributed by atoms with Gasteiger partial charge in [0.2, 0.25) is 5.91 Å². The molecule has 0 aliphatic carbocycles. The third-order valence-electron chi connectivity index (χ3n) is 3.34. The summed E-state index contributed by atoms with van der Waals surface area (Å²) in [4.78, 5) is 15.2. The molecule has 1 amide bonds. The molecule has 18 heavy (non-hydrogen) atoms. The molecule has 1 aromatic carbocycles. The van der Waals surface area contributed by atoms with E-state index in [1.54, 1.807) is 11.8 Å². The number of thioether (sulfide) groups is 1. The summed E-state index contributed by atoms with van der Waals surface area (Å²) in [6.07, 6.45) is 1.86. The number of rotatable bonds is 3. The number of likely N-dealkylation sites (tertiary alicyclic amines) is 1. The van der Waals surface area contributed by atoms with Crippen LogP contribution in [0.2, 0.25) is 0 Å². The van der Waals surface area contributed by atoms with Crippen LogP contribution in [0.1, 0.15) is 18.4 Å². The Hall–Kier alpha value is -1.00. The highest BCUT2D eigenvalue weighted by molar-refractivity contribution is 8.00. The molecule has 0 spiro atoms. The van der Waals surface area contributed by atoms with E-state index in [9.17, 15) is 4.79 Å². The first kappa shape index (κ1) is 13.4. The molecule has 3 nitrogen and oxygen atoms in total. The van der Waals surface area contributed by atoms with Crippen molar-refractivity contribution in [2.45, 2.75) is 30.7 Å². The van der Waals surface area contributed by atoms with Crippen molar-refractivity contribution >= 4 is 17.7 Å². The van der Waals surface area contributed by atoms with Crippen LogP contribution in [-0.2, 0) is 4.79 Å². The molecule has 0 bridgehead atoms. The van der Waals surface area contributed by atoms with Crippen molar-refractivity contribution in [3.63, 3.8) is 0 Å². The zero-order chi connectivity index (χ0) is 13.0. The summed E-state index contributed by atoms with van der Waals surface area (Å²) in [5.74, 6) is 0.759. The van der Waals surface area contributed by atoms with Crippen molar-refractivity contribution in [1.29, 1.82) is 0 Å². The lowest BCUT2D eigenvalue weighted by Crippen LogP contribution is -2.43. The van der Waals surface area contributed by atoms with Crippen LogP contribution in [0.25, 0.3) is 0 Å². The molecule has 2 rings (SSSR count). The maximum atomic E-state index is 12.1. The van der Waals surface area contributed by atoms with Gasteiger partial charge in [-0.2, -0.15) is 0 Å². The molecule has 1 fully saturated rings. The lowest BCUT2D eigenvalue weighted by atomic mass is 10.1. The number of carbonyl (C=O) groups excluding carboxylic acids is 1. The third-order valence-corrected chi connectivity index (χ3v) is 4.50. The van der Waals surface area contributed by atoms with Crippen LogP contribution in [0.3, 0.4) is 0 Å². The fourth-order valence-electron chi connectivity index (χ4n) is 2.10. The van der Waals surface area contributed by atoms with E-state index in [0.717, 1.165) is 25.9 Å². The van der Waals surface area contributed by atoms with E-state index in [0.29, 0.717) is 5.75 Å². The Morgan fingerprint density at radius 1 is 1.39 bits per heavy atom. The minimum absolute atomic E-state index is 0.232. The molecule has 4 heteroatoms. The average Bonchev–Trinajstić information content (AvgIpc) is 2.38. The van der Waals surface area contributed by atoms with Crippen LogP contribution in [0.15, 0.2) is 29.2 Å². The van der Waals surface area contributed by atoms with Crippen molar-refractivity contribution in [2.24, 2.45) is 5.73 Å². The number of benzene rings is 1. The summed E-state index contributed by atoms with van der Waals surface area (Å²) >= 11 is 1.63. The molecule has 0 saturated carbocycles. The van der Waals surface area contributed by atoms with E-state index >= 15 is 0 Å². The van der Waals surface area contributed by atoms with E-state index in [4.69, 9.17) is 5.73 Å². The van der Waals surface area contributed by atoms with Crippen molar-refractivity contribution in [2.75, 3.05) is 18.8 Å². The van der Waals surface area contributed by atoms with Gasteiger partial charge in [-0.3, -0.25) is 4.79 Å². The van der Waals surface area contributed by atoms with Crippen molar-refractivity contribution in [3.8, 4) is 0 Å². The van der Waals surface area contributed by atoms with Gasteiger partial charge in [-0.15, -0.1) is 11.8 Å². The fourth-order valence-corrected chi connectivity index (χ4v) is 3.03. The fraction of sp³-hybridized carbons (Fsp3) is 0.500. The number of carbonyl (C=O) groups is 1. The number of amides is 1. The molecular formula is C14H20N2OS. The van der Waals surface area contributed by atoms with Gasteiger partial charge in [0.1, 0.15) is 0 Å². The number of nitrogens with zero attached hydrogens (tertiary/aromatic N) is 1. The average molecular weight is 264 g/mol. The zero-order valence-electron chi connectivity index (χ0n) is 10.8. The second-order valence-electron chi connectivity index (χ2n) is 4.77. The Labute approximate surface area is 113 Å². The first-order chi connectivity index (χ1) is 8.66. The Balaban J connectivity index is 1.83. The second kappa shape index (κ2) is 6.25. The van der Waals surface area contributed by atoms with E-state index < -0.39 is 0 Å². The number of hydrogen-bond donors (Lipinski definition) is 1. The molecule has 1 aliphatic rings. The van der Waals surface area contributed by atoms with E-state index in [-0.39, 0.29) is 11.9 Å². The highest BCUT2D eigenvalue weighted by Gasteiger charge is 2.20. The highest BCUT2D eigenvalue weighted by Crippen LogP contribution is 2.22. The Bertz CT molecular complexity index is 414. The summed E-state index contributed by atoms with van der Waals surface area (Å²) in [5, 5.41) is 0. The van der Waals surface area contributed by atoms with Crippen molar-refractivity contribution in [1.82, 2.24) is 4.90 Å². The predicted octanol–water partition coefficient (Wildman–Crippen LogP) is 2.04. The van der Waals surface area contributed by atoms with Gasteiger partial charge in [-0.25, -0.2) is 0 Å². The second-order valence-corrected chi connectivity index (χ2v) is 5.79. The van der Waals surface area contributed by atoms with Gasteiger partial charge >= 0.3 is 0 Å². The molecule has 0 radical (unpaired) electrons. The smallest absolute Gasteiger partial charge is 0.232 e.